The molecule has 0 N–H and O–H groups in total. The van der Waals surface area contributed by atoms with Gasteiger partial charge in [0.05, 0.1) is 0 Å². The second-order valence-corrected chi connectivity index (χ2v) is 7.67. The molecule has 1 aliphatic rings. The van der Waals surface area contributed by atoms with Gasteiger partial charge in [-0.3, -0.25) is 0 Å². The third kappa shape index (κ3) is 2.67. The van der Waals surface area contributed by atoms with Gasteiger partial charge in [-0.15, -0.1) is 0 Å². The molecular formula is C15H20N4O2S. The molecule has 7 heteroatoms. The lowest BCUT2D eigenvalue weighted by Crippen LogP contribution is -2.51. The van der Waals surface area contributed by atoms with E-state index in [9.17, 15) is 8.42 Å². The van der Waals surface area contributed by atoms with Crippen LogP contribution in [-0.2, 0) is 10.2 Å². The Kier molecular flexibility index (Phi) is 4.03. The van der Waals surface area contributed by atoms with Crippen molar-refractivity contribution in [1.82, 2.24) is 13.6 Å². The van der Waals surface area contributed by atoms with Crippen molar-refractivity contribution in [2.24, 2.45) is 0 Å². The fraction of sp³-hybridized carbons (Fsp3) is 0.400. The number of rotatable bonds is 3. The summed E-state index contributed by atoms with van der Waals surface area (Å²) < 4.78 is 27.1. The fourth-order valence-electron chi connectivity index (χ4n) is 2.72. The summed E-state index contributed by atoms with van der Waals surface area (Å²) in [5, 5.41) is 2.25. The van der Waals surface area contributed by atoms with Crippen molar-refractivity contribution in [3.8, 4) is 0 Å². The van der Waals surface area contributed by atoms with Gasteiger partial charge in [-0.25, -0.2) is 4.98 Å². The SMILES string of the molecule is CN(C)S(=O)(=O)N1CCN(c2nccc3ccccc23)CC1. The zero-order valence-corrected chi connectivity index (χ0v) is 13.6. The third-order valence-corrected chi connectivity index (χ3v) is 5.92. The minimum atomic E-state index is -3.33. The molecule has 0 atom stereocenters. The second kappa shape index (κ2) is 5.83. The molecule has 0 aliphatic carbocycles. The Bertz CT molecular complexity index is 763. The first-order valence-electron chi connectivity index (χ1n) is 7.26. The van der Waals surface area contributed by atoms with E-state index in [0.29, 0.717) is 26.2 Å². The van der Waals surface area contributed by atoms with Crippen molar-refractivity contribution in [3.63, 3.8) is 0 Å². The van der Waals surface area contributed by atoms with Crippen LogP contribution in [0.3, 0.4) is 0 Å². The van der Waals surface area contributed by atoms with Crippen molar-refractivity contribution in [3.05, 3.63) is 36.5 Å². The molecule has 0 spiro atoms. The number of nitrogens with zero attached hydrogens (tertiary/aromatic N) is 4. The smallest absolute Gasteiger partial charge is 0.281 e. The van der Waals surface area contributed by atoms with E-state index in [1.54, 1.807) is 20.3 Å². The Hall–Kier alpha value is -1.70. The average molecular weight is 320 g/mol. The first-order chi connectivity index (χ1) is 10.5. The number of benzene rings is 1. The zero-order chi connectivity index (χ0) is 15.7. The number of piperazine rings is 1. The molecule has 0 radical (unpaired) electrons. The molecule has 118 valence electrons. The average Bonchev–Trinajstić information content (AvgIpc) is 2.54. The van der Waals surface area contributed by atoms with E-state index in [1.165, 1.54) is 8.61 Å². The fourth-order valence-corrected chi connectivity index (χ4v) is 3.80. The predicted octanol–water partition coefficient (Wildman–Crippen LogP) is 1.16. The Morgan fingerprint density at radius 3 is 2.41 bits per heavy atom. The number of fused-ring (bicyclic) bond motifs is 1. The van der Waals surface area contributed by atoms with Crippen LogP contribution in [-0.4, -0.2) is 62.3 Å². The van der Waals surface area contributed by atoms with Crippen molar-refractivity contribution in [2.45, 2.75) is 0 Å². The van der Waals surface area contributed by atoms with E-state index in [1.807, 2.05) is 18.2 Å². The van der Waals surface area contributed by atoms with E-state index in [4.69, 9.17) is 0 Å². The number of hydrogen-bond acceptors (Lipinski definition) is 4. The lowest BCUT2D eigenvalue weighted by atomic mass is 10.1. The highest BCUT2D eigenvalue weighted by atomic mass is 32.2. The van der Waals surface area contributed by atoms with Crippen molar-refractivity contribution >= 4 is 26.8 Å². The van der Waals surface area contributed by atoms with Crippen LogP contribution < -0.4 is 4.90 Å². The summed E-state index contributed by atoms with van der Waals surface area (Å²) in [5.74, 6) is 0.931. The van der Waals surface area contributed by atoms with Gasteiger partial charge in [-0.2, -0.15) is 17.0 Å². The molecule has 2 heterocycles. The molecule has 3 rings (SSSR count). The van der Waals surface area contributed by atoms with E-state index in [-0.39, 0.29) is 0 Å². The van der Waals surface area contributed by atoms with Crippen LogP contribution in [0.1, 0.15) is 0 Å². The topological polar surface area (TPSA) is 56.8 Å². The highest BCUT2D eigenvalue weighted by Gasteiger charge is 2.29. The van der Waals surface area contributed by atoms with Crippen LogP contribution in [0, 0.1) is 0 Å². The van der Waals surface area contributed by atoms with Gasteiger partial charge in [0.15, 0.2) is 0 Å². The number of pyridine rings is 1. The Morgan fingerprint density at radius 2 is 1.73 bits per heavy atom. The summed E-state index contributed by atoms with van der Waals surface area (Å²) in [6.07, 6.45) is 1.81. The summed E-state index contributed by atoms with van der Waals surface area (Å²) >= 11 is 0. The van der Waals surface area contributed by atoms with Gasteiger partial charge in [0, 0.05) is 51.9 Å². The molecule has 0 bridgehead atoms. The lowest BCUT2D eigenvalue weighted by Gasteiger charge is -2.36. The van der Waals surface area contributed by atoms with E-state index >= 15 is 0 Å². The maximum Gasteiger partial charge on any atom is 0.281 e. The maximum absolute atomic E-state index is 12.2. The molecule has 1 fully saturated rings. The van der Waals surface area contributed by atoms with Crippen LogP contribution in [0.5, 0.6) is 0 Å². The molecule has 22 heavy (non-hydrogen) atoms. The van der Waals surface area contributed by atoms with Gasteiger partial charge in [0.25, 0.3) is 10.2 Å². The molecular weight excluding hydrogens is 300 g/mol. The first-order valence-corrected chi connectivity index (χ1v) is 8.66. The maximum atomic E-state index is 12.2. The zero-order valence-electron chi connectivity index (χ0n) is 12.8. The quantitative estimate of drug-likeness (QED) is 0.852. The Morgan fingerprint density at radius 1 is 1.05 bits per heavy atom. The van der Waals surface area contributed by atoms with E-state index in [0.717, 1.165) is 16.6 Å². The van der Waals surface area contributed by atoms with Gasteiger partial charge in [0.1, 0.15) is 5.82 Å². The minimum absolute atomic E-state index is 0.478. The molecule has 2 aromatic rings. The van der Waals surface area contributed by atoms with Gasteiger partial charge in [-0.05, 0) is 11.5 Å². The van der Waals surface area contributed by atoms with Crippen LogP contribution in [0.15, 0.2) is 36.5 Å². The second-order valence-electron chi connectivity index (χ2n) is 5.53. The first kappa shape index (κ1) is 15.2. The standard InChI is InChI=1S/C15H20N4O2S/c1-17(2)22(20,21)19-11-9-18(10-12-19)15-14-6-4-3-5-13(14)7-8-16-15/h3-8H,9-12H2,1-2H3. The summed E-state index contributed by atoms with van der Waals surface area (Å²) in [5.41, 5.74) is 0. The molecule has 1 aliphatic heterocycles. The minimum Gasteiger partial charge on any atom is -0.353 e. The van der Waals surface area contributed by atoms with Crippen molar-refractivity contribution < 1.29 is 8.42 Å². The van der Waals surface area contributed by atoms with E-state index < -0.39 is 10.2 Å². The van der Waals surface area contributed by atoms with Crippen LogP contribution in [0.4, 0.5) is 5.82 Å². The van der Waals surface area contributed by atoms with Crippen LogP contribution in [0.2, 0.25) is 0 Å². The highest BCUT2D eigenvalue weighted by molar-refractivity contribution is 7.86. The van der Waals surface area contributed by atoms with Crippen LogP contribution in [0.25, 0.3) is 10.8 Å². The molecule has 0 saturated carbocycles. The predicted molar refractivity (Wildman–Crippen MR) is 88.1 cm³/mol. The molecule has 0 unspecified atom stereocenters. The van der Waals surface area contributed by atoms with Crippen LogP contribution >= 0.6 is 0 Å². The molecule has 1 aromatic heterocycles. The number of anilines is 1. The van der Waals surface area contributed by atoms with Gasteiger partial charge >= 0.3 is 0 Å². The summed E-state index contributed by atoms with van der Waals surface area (Å²) in [4.78, 5) is 6.66. The number of hydrogen-bond donors (Lipinski definition) is 0. The summed E-state index contributed by atoms with van der Waals surface area (Å²) in [7, 11) is -0.202. The molecule has 1 saturated heterocycles. The van der Waals surface area contributed by atoms with Gasteiger partial charge in [0.2, 0.25) is 0 Å². The highest BCUT2D eigenvalue weighted by Crippen LogP contribution is 2.25. The Balaban J connectivity index is 1.82. The largest absolute Gasteiger partial charge is 0.353 e. The Labute approximate surface area is 131 Å². The molecule has 6 nitrogen and oxygen atoms in total. The van der Waals surface area contributed by atoms with Gasteiger partial charge < -0.3 is 4.90 Å². The summed E-state index contributed by atoms with van der Waals surface area (Å²) in [6.45, 7) is 2.25. The van der Waals surface area contributed by atoms with E-state index in [2.05, 4.69) is 22.0 Å². The summed E-state index contributed by atoms with van der Waals surface area (Å²) in [6, 6.07) is 10.1. The monoisotopic (exact) mass is 320 g/mol. The molecule has 1 aromatic carbocycles. The normalized spacial score (nSPS) is 17.3. The van der Waals surface area contributed by atoms with Crippen molar-refractivity contribution in [2.75, 3.05) is 45.2 Å². The molecule has 0 amide bonds. The number of aromatic nitrogens is 1. The third-order valence-electron chi connectivity index (χ3n) is 3.98. The lowest BCUT2D eigenvalue weighted by molar-refractivity contribution is 0.355. The van der Waals surface area contributed by atoms with Gasteiger partial charge in [-0.1, -0.05) is 24.3 Å². The van der Waals surface area contributed by atoms with Crippen molar-refractivity contribution in [1.29, 1.82) is 0 Å².